The minimum atomic E-state index is -0.987. The van der Waals surface area contributed by atoms with Crippen molar-refractivity contribution in [1.82, 2.24) is 0 Å². The van der Waals surface area contributed by atoms with Crippen molar-refractivity contribution in [2.75, 3.05) is 23.4 Å². The number of aryl methyl sites for hydroxylation is 1. The van der Waals surface area contributed by atoms with E-state index in [1.165, 1.54) is 0 Å². The summed E-state index contributed by atoms with van der Waals surface area (Å²) >= 11 is 0. The van der Waals surface area contributed by atoms with Crippen LogP contribution < -0.4 is 15.0 Å². The molecule has 27 heavy (non-hydrogen) atoms. The van der Waals surface area contributed by atoms with Crippen molar-refractivity contribution in [3.63, 3.8) is 0 Å². The maximum Gasteiger partial charge on any atom is 0.242 e. The van der Waals surface area contributed by atoms with Crippen molar-refractivity contribution in [1.29, 1.82) is 0 Å². The van der Waals surface area contributed by atoms with Gasteiger partial charge in [-0.05, 0) is 63.4 Å². The van der Waals surface area contributed by atoms with Crippen molar-refractivity contribution >= 4 is 23.2 Å². The Morgan fingerprint density at radius 1 is 1.11 bits per heavy atom. The standard InChI is InChI=1S/C22H26N2O3/c1-4-24(17-10-8-9-16(3)15-17)21(26)22(13-14-22)20(25)23-18-11-6-7-12-19(18)27-5-2/h6-12,15H,4-5,13-14H2,1-3H3,(H,23,25). The van der Waals surface area contributed by atoms with Crippen LogP contribution in [-0.4, -0.2) is 25.0 Å². The first-order chi connectivity index (χ1) is 13.0. The van der Waals surface area contributed by atoms with Crippen molar-refractivity contribution in [3.05, 3.63) is 54.1 Å². The van der Waals surface area contributed by atoms with E-state index in [1.807, 2.05) is 63.2 Å². The van der Waals surface area contributed by atoms with Crippen LogP contribution in [-0.2, 0) is 9.59 Å². The van der Waals surface area contributed by atoms with E-state index in [-0.39, 0.29) is 11.8 Å². The first kappa shape index (κ1) is 19.0. The van der Waals surface area contributed by atoms with Crippen LogP contribution in [0.25, 0.3) is 0 Å². The third kappa shape index (κ3) is 3.82. The number of anilines is 2. The predicted molar refractivity (Wildman–Crippen MR) is 107 cm³/mol. The normalized spacial score (nSPS) is 14.3. The van der Waals surface area contributed by atoms with Gasteiger partial charge in [0, 0.05) is 12.2 Å². The second kappa shape index (κ2) is 7.82. The van der Waals surface area contributed by atoms with Gasteiger partial charge in [-0.3, -0.25) is 9.59 Å². The van der Waals surface area contributed by atoms with Gasteiger partial charge < -0.3 is 15.0 Å². The average Bonchev–Trinajstić information content (AvgIpc) is 3.46. The molecule has 1 aliphatic carbocycles. The molecule has 0 spiro atoms. The minimum absolute atomic E-state index is 0.137. The van der Waals surface area contributed by atoms with E-state index in [0.29, 0.717) is 37.4 Å². The molecule has 5 heteroatoms. The predicted octanol–water partition coefficient (Wildman–Crippen LogP) is 4.17. The molecule has 2 aromatic rings. The quantitative estimate of drug-likeness (QED) is 0.749. The SMILES string of the molecule is CCOc1ccccc1NC(=O)C1(C(=O)N(CC)c2cccc(C)c2)CC1. The van der Waals surface area contributed by atoms with Crippen LogP contribution in [0.5, 0.6) is 5.75 Å². The maximum absolute atomic E-state index is 13.2. The number of ether oxygens (including phenoxy) is 1. The van der Waals surface area contributed by atoms with E-state index in [9.17, 15) is 9.59 Å². The number of carbonyl (C=O) groups excluding carboxylic acids is 2. The highest BCUT2D eigenvalue weighted by molar-refractivity contribution is 6.17. The van der Waals surface area contributed by atoms with Gasteiger partial charge in [0.15, 0.2) is 0 Å². The van der Waals surface area contributed by atoms with Gasteiger partial charge in [0.1, 0.15) is 11.2 Å². The van der Waals surface area contributed by atoms with E-state index in [0.717, 1.165) is 11.3 Å². The molecule has 5 nitrogen and oxygen atoms in total. The highest BCUT2D eigenvalue weighted by Crippen LogP contribution is 2.49. The molecule has 0 atom stereocenters. The van der Waals surface area contributed by atoms with Crippen LogP contribution in [0, 0.1) is 12.3 Å². The Hall–Kier alpha value is -2.82. The van der Waals surface area contributed by atoms with Crippen LogP contribution in [0.1, 0.15) is 32.3 Å². The zero-order chi connectivity index (χ0) is 19.4. The molecule has 2 amide bonds. The fraction of sp³-hybridized carbons (Fsp3) is 0.364. The van der Waals surface area contributed by atoms with Crippen LogP contribution >= 0.6 is 0 Å². The molecule has 1 aliphatic rings. The summed E-state index contributed by atoms with van der Waals surface area (Å²) in [5, 5.41) is 2.91. The summed E-state index contributed by atoms with van der Waals surface area (Å²) in [4.78, 5) is 27.9. The van der Waals surface area contributed by atoms with Gasteiger partial charge in [-0.2, -0.15) is 0 Å². The summed E-state index contributed by atoms with van der Waals surface area (Å²) in [6.07, 6.45) is 1.13. The molecule has 1 N–H and O–H groups in total. The highest BCUT2D eigenvalue weighted by atomic mass is 16.5. The topological polar surface area (TPSA) is 58.6 Å². The number of nitrogens with zero attached hydrogens (tertiary/aromatic N) is 1. The number of hydrogen-bond donors (Lipinski definition) is 1. The summed E-state index contributed by atoms with van der Waals surface area (Å²) in [5.74, 6) is 0.218. The van der Waals surface area contributed by atoms with Crippen molar-refractivity contribution in [2.45, 2.75) is 33.6 Å². The van der Waals surface area contributed by atoms with Crippen molar-refractivity contribution in [3.8, 4) is 5.75 Å². The molecular formula is C22H26N2O3. The lowest BCUT2D eigenvalue weighted by Gasteiger charge is -2.26. The third-order valence-corrected chi connectivity index (χ3v) is 4.90. The monoisotopic (exact) mass is 366 g/mol. The highest BCUT2D eigenvalue weighted by Gasteiger charge is 2.58. The summed E-state index contributed by atoms with van der Waals surface area (Å²) in [6, 6.07) is 15.1. The Labute approximate surface area is 160 Å². The maximum atomic E-state index is 13.2. The summed E-state index contributed by atoms with van der Waals surface area (Å²) < 4.78 is 5.57. The zero-order valence-corrected chi connectivity index (χ0v) is 16.1. The van der Waals surface area contributed by atoms with Crippen LogP contribution in [0.2, 0.25) is 0 Å². The molecule has 1 fully saturated rings. The second-order valence-electron chi connectivity index (χ2n) is 6.85. The summed E-state index contributed by atoms with van der Waals surface area (Å²) in [7, 11) is 0. The fourth-order valence-electron chi connectivity index (χ4n) is 3.25. The molecule has 0 unspecified atom stereocenters. The van der Waals surface area contributed by atoms with Gasteiger partial charge in [0.25, 0.3) is 0 Å². The van der Waals surface area contributed by atoms with Gasteiger partial charge in [0.05, 0.1) is 12.3 Å². The second-order valence-corrected chi connectivity index (χ2v) is 6.85. The number of carbonyl (C=O) groups is 2. The van der Waals surface area contributed by atoms with Crippen LogP contribution in [0.4, 0.5) is 11.4 Å². The molecule has 0 radical (unpaired) electrons. The van der Waals surface area contributed by atoms with Crippen LogP contribution in [0.15, 0.2) is 48.5 Å². The van der Waals surface area contributed by atoms with Gasteiger partial charge in [-0.1, -0.05) is 24.3 Å². The largest absolute Gasteiger partial charge is 0.492 e. The van der Waals surface area contributed by atoms with Gasteiger partial charge in [-0.15, -0.1) is 0 Å². The van der Waals surface area contributed by atoms with Crippen LogP contribution in [0.3, 0.4) is 0 Å². The van der Waals surface area contributed by atoms with Gasteiger partial charge in [0.2, 0.25) is 11.8 Å². The lowest BCUT2D eigenvalue weighted by Crippen LogP contribution is -2.43. The van der Waals surface area contributed by atoms with Crippen molar-refractivity contribution in [2.24, 2.45) is 5.41 Å². The Morgan fingerprint density at radius 2 is 1.85 bits per heavy atom. The molecular weight excluding hydrogens is 340 g/mol. The Bertz CT molecular complexity index is 843. The molecule has 0 aromatic heterocycles. The number of para-hydroxylation sites is 2. The smallest absolute Gasteiger partial charge is 0.242 e. The molecule has 0 heterocycles. The van der Waals surface area contributed by atoms with E-state index in [4.69, 9.17) is 4.74 Å². The Kier molecular flexibility index (Phi) is 5.49. The lowest BCUT2D eigenvalue weighted by molar-refractivity contribution is -0.132. The van der Waals surface area contributed by atoms with Gasteiger partial charge in [-0.25, -0.2) is 0 Å². The molecule has 142 valence electrons. The number of hydrogen-bond acceptors (Lipinski definition) is 3. The number of rotatable bonds is 7. The fourth-order valence-corrected chi connectivity index (χ4v) is 3.25. The zero-order valence-electron chi connectivity index (χ0n) is 16.1. The number of benzene rings is 2. The number of nitrogens with one attached hydrogen (secondary N) is 1. The molecule has 0 saturated heterocycles. The molecule has 3 rings (SSSR count). The van der Waals surface area contributed by atoms with E-state index in [1.54, 1.807) is 11.0 Å². The summed E-state index contributed by atoms with van der Waals surface area (Å²) in [5.41, 5.74) is 1.52. The molecule has 1 saturated carbocycles. The lowest BCUT2D eigenvalue weighted by atomic mass is 10.0. The molecule has 0 aliphatic heterocycles. The molecule has 2 aromatic carbocycles. The minimum Gasteiger partial charge on any atom is -0.492 e. The molecule has 0 bridgehead atoms. The van der Waals surface area contributed by atoms with E-state index >= 15 is 0 Å². The third-order valence-electron chi connectivity index (χ3n) is 4.90. The average molecular weight is 366 g/mol. The summed E-state index contributed by atoms with van der Waals surface area (Å²) in [6.45, 7) is 6.84. The van der Waals surface area contributed by atoms with E-state index < -0.39 is 5.41 Å². The van der Waals surface area contributed by atoms with Crippen molar-refractivity contribution < 1.29 is 14.3 Å². The first-order valence-electron chi connectivity index (χ1n) is 9.43. The van der Waals surface area contributed by atoms with Gasteiger partial charge >= 0.3 is 0 Å². The Morgan fingerprint density at radius 3 is 2.48 bits per heavy atom. The van der Waals surface area contributed by atoms with E-state index in [2.05, 4.69) is 5.32 Å². The Balaban J connectivity index is 1.81. The first-order valence-corrected chi connectivity index (χ1v) is 9.43. The number of amides is 2.